The Labute approximate surface area is 134 Å². The van der Waals surface area contributed by atoms with Crippen LogP contribution in [0.4, 0.5) is 8.78 Å². The van der Waals surface area contributed by atoms with E-state index in [0.717, 1.165) is 5.56 Å². The summed E-state index contributed by atoms with van der Waals surface area (Å²) in [7, 11) is 4.80. The lowest BCUT2D eigenvalue weighted by molar-refractivity contribution is -0.140. The zero-order valence-electron chi connectivity index (χ0n) is 13.4. The summed E-state index contributed by atoms with van der Waals surface area (Å²) in [5.74, 6) is 0.430. The van der Waals surface area contributed by atoms with E-state index < -0.39 is 6.61 Å². The molecular weight excluding hydrogens is 308 g/mol. The van der Waals surface area contributed by atoms with Crippen LogP contribution in [0, 0.1) is 0 Å². The molecule has 0 aliphatic heterocycles. The summed E-state index contributed by atoms with van der Waals surface area (Å²) in [5, 5.41) is 3.04. The Morgan fingerprint density at radius 2 is 2.00 bits per heavy atom. The van der Waals surface area contributed by atoms with Gasteiger partial charge in [-0.15, -0.1) is 0 Å². The molecular formula is C15H21F2N3O3. The van der Waals surface area contributed by atoms with E-state index in [2.05, 4.69) is 19.8 Å². The summed E-state index contributed by atoms with van der Waals surface area (Å²) in [6.07, 6.45) is 0.239. The predicted octanol–water partition coefficient (Wildman–Crippen LogP) is 1.86. The summed E-state index contributed by atoms with van der Waals surface area (Å²) in [5.41, 5.74) is 0.907. The first kappa shape index (κ1) is 18.7. The standard InChI is InChI=1S/C15H21F2N3O3/c1-18-15(19-9-8-13(21)22-3)20(2)10-11-4-6-12(7-5-11)23-14(16)17/h4-7,14H,8-10H2,1-3H3,(H,18,19). The SMILES string of the molecule is CN=C(NCCC(=O)OC)N(C)Cc1ccc(OC(F)F)cc1. The average molecular weight is 329 g/mol. The van der Waals surface area contributed by atoms with Crippen LogP contribution in [-0.2, 0) is 16.1 Å². The van der Waals surface area contributed by atoms with Crippen molar-refractivity contribution >= 4 is 11.9 Å². The number of carbonyl (C=O) groups is 1. The molecule has 0 saturated heterocycles. The van der Waals surface area contributed by atoms with Gasteiger partial charge in [0.05, 0.1) is 13.5 Å². The highest BCUT2D eigenvalue weighted by atomic mass is 19.3. The summed E-state index contributed by atoms with van der Waals surface area (Å²) >= 11 is 0. The maximum atomic E-state index is 12.1. The lowest BCUT2D eigenvalue weighted by Gasteiger charge is -2.22. The average Bonchev–Trinajstić information content (AvgIpc) is 2.52. The number of guanidine groups is 1. The minimum Gasteiger partial charge on any atom is -0.469 e. The molecule has 0 amide bonds. The number of ether oxygens (including phenoxy) is 2. The molecule has 128 valence electrons. The van der Waals surface area contributed by atoms with Crippen LogP contribution in [0.15, 0.2) is 29.3 Å². The molecule has 0 spiro atoms. The second-order valence-electron chi connectivity index (χ2n) is 4.68. The number of carbonyl (C=O) groups excluding carboxylic acids is 1. The highest BCUT2D eigenvalue weighted by Crippen LogP contribution is 2.15. The van der Waals surface area contributed by atoms with Gasteiger partial charge in [0.15, 0.2) is 5.96 Å². The number of alkyl halides is 2. The molecule has 1 N–H and O–H groups in total. The van der Waals surface area contributed by atoms with Gasteiger partial charge in [-0.25, -0.2) is 0 Å². The van der Waals surface area contributed by atoms with Crippen LogP contribution in [0.2, 0.25) is 0 Å². The van der Waals surface area contributed by atoms with E-state index in [1.807, 2.05) is 11.9 Å². The van der Waals surface area contributed by atoms with Crippen LogP contribution < -0.4 is 10.1 Å². The lowest BCUT2D eigenvalue weighted by Crippen LogP contribution is -2.39. The Hall–Kier alpha value is -2.38. The number of esters is 1. The van der Waals surface area contributed by atoms with E-state index in [9.17, 15) is 13.6 Å². The van der Waals surface area contributed by atoms with Crippen LogP contribution in [-0.4, -0.2) is 51.2 Å². The van der Waals surface area contributed by atoms with Gasteiger partial charge in [-0.05, 0) is 17.7 Å². The van der Waals surface area contributed by atoms with Crippen LogP contribution in [0.1, 0.15) is 12.0 Å². The smallest absolute Gasteiger partial charge is 0.387 e. The molecule has 0 aliphatic rings. The van der Waals surface area contributed by atoms with Crippen molar-refractivity contribution in [1.29, 1.82) is 0 Å². The molecule has 0 radical (unpaired) electrons. The molecule has 8 heteroatoms. The number of nitrogens with zero attached hydrogens (tertiary/aromatic N) is 2. The number of rotatable bonds is 7. The first-order chi connectivity index (χ1) is 11.0. The van der Waals surface area contributed by atoms with Gasteiger partial charge in [0, 0.05) is 27.2 Å². The fraction of sp³-hybridized carbons (Fsp3) is 0.467. The molecule has 0 bridgehead atoms. The summed E-state index contributed by atoms with van der Waals surface area (Å²) in [4.78, 5) is 17.0. The zero-order chi connectivity index (χ0) is 17.2. The molecule has 1 aromatic carbocycles. The number of hydrogen-bond acceptors (Lipinski definition) is 4. The van der Waals surface area contributed by atoms with Crippen molar-refractivity contribution in [3.63, 3.8) is 0 Å². The number of methoxy groups -OCH3 is 1. The monoisotopic (exact) mass is 329 g/mol. The number of benzene rings is 1. The number of nitrogens with one attached hydrogen (secondary N) is 1. The minimum atomic E-state index is -2.83. The van der Waals surface area contributed by atoms with Gasteiger partial charge in [0.1, 0.15) is 5.75 Å². The molecule has 0 aliphatic carbocycles. The van der Waals surface area contributed by atoms with Crippen LogP contribution in [0.25, 0.3) is 0 Å². The van der Waals surface area contributed by atoms with Crippen molar-refractivity contribution in [2.75, 3.05) is 27.7 Å². The molecule has 6 nitrogen and oxygen atoms in total. The minimum absolute atomic E-state index is 0.118. The van der Waals surface area contributed by atoms with Gasteiger partial charge in [-0.2, -0.15) is 8.78 Å². The van der Waals surface area contributed by atoms with Crippen molar-refractivity contribution in [3.05, 3.63) is 29.8 Å². The van der Waals surface area contributed by atoms with Crippen molar-refractivity contribution in [2.45, 2.75) is 19.6 Å². The normalized spacial score (nSPS) is 11.3. The van der Waals surface area contributed by atoms with Gasteiger partial charge >= 0.3 is 12.6 Å². The zero-order valence-corrected chi connectivity index (χ0v) is 13.4. The number of hydrogen-bond donors (Lipinski definition) is 1. The van der Waals surface area contributed by atoms with E-state index >= 15 is 0 Å². The molecule has 0 aromatic heterocycles. The molecule has 0 atom stereocenters. The molecule has 0 saturated carbocycles. The van der Waals surface area contributed by atoms with Crippen LogP contribution >= 0.6 is 0 Å². The van der Waals surface area contributed by atoms with E-state index in [1.54, 1.807) is 19.2 Å². The highest BCUT2D eigenvalue weighted by molar-refractivity contribution is 5.80. The molecule has 0 unspecified atom stereocenters. The van der Waals surface area contributed by atoms with Crippen molar-refractivity contribution in [2.24, 2.45) is 4.99 Å². The van der Waals surface area contributed by atoms with E-state index in [0.29, 0.717) is 19.0 Å². The predicted molar refractivity (Wildman–Crippen MR) is 82.5 cm³/mol. The molecule has 23 heavy (non-hydrogen) atoms. The topological polar surface area (TPSA) is 63.2 Å². The van der Waals surface area contributed by atoms with E-state index in [1.165, 1.54) is 19.2 Å². The largest absolute Gasteiger partial charge is 0.469 e. The third-order valence-electron chi connectivity index (χ3n) is 2.98. The Morgan fingerprint density at radius 3 is 2.52 bits per heavy atom. The quantitative estimate of drug-likeness (QED) is 0.470. The van der Waals surface area contributed by atoms with Gasteiger partial charge < -0.3 is 19.7 Å². The van der Waals surface area contributed by atoms with Gasteiger partial charge in [0.25, 0.3) is 0 Å². The van der Waals surface area contributed by atoms with Crippen LogP contribution in [0.3, 0.4) is 0 Å². The second-order valence-corrected chi connectivity index (χ2v) is 4.68. The van der Waals surface area contributed by atoms with Crippen LogP contribution in [0.5, 0.6) is 5.75 Å². The summed E-state index contributed by atoms with van der Waals surface area (Å²) < 4.78 is 33.1. The van der Waals surface area contributed by atoms with Crippen molar-refractivity contribution in [3.8, 4) is 5.75 Å². The third kappa shape index (κ3) is 6.94. The van der Waals surface area contributed by atoms with Crippen molar-refractivity contribution < 1.29 is 23.0 Å². The first-order valence-corrected chi connectivity index (χ1v) is 6.98. The molecule has 0 fully saturated rings. The van der Waals surface area contributed by atoms with Gasteiger partial charge in [-0.1, -0.05) is 12.1 Å². The highest BCUT2D eigenvalue weighted by Gasteiger charge is 2.09. The Morgan fingerprint density at radius 1 is 1.35 bits per heavy atom. The maximum absolute atomic E-state index is 12.1. The molecule has 1 rings (SSSR count). The third-order valence-corrected chi connectivity index (χ3v) is 2.98. The number of aliphatic imine (C=N–C) groups is 1. The fourth-order valence-corrected chi connectivity index (χ4v) is 1.89. The lowest BCUT2D eigenvalue weighted by atomic mass is 10.2. The fourth-order valence-electron chi connectivity index (χ4n) is 1.89. The summed E-state index contributed by atoms with van der Waals surface area (Å²) in [6, 6.07) is 6.39. The van der Waals surface area contributed by atoms with Gasteiger partial charge in [-0.3, -0.25) is 9.79 Å². The molecule has 0 heterocycles. The number of halogens is 2. The molecule has 1 aromatic rings. The van der Waals surface area contributed by atoms with E-state index in [4.69, 9.17) is 0 Å². The van der Waals surface area contributed by atoms with E-state index in [-0.39, 0.29) is 18.1 Å². The maximum Gasteiger partial charge on any atom is 0.387 e. The second kappa shape index (κ2) is 9.60. The Bertz CT molecular complexity index is 521. The van der Waals surface area contributed by atoms with Gasteiger partial charge in [0.2, 0.25) is 0 Å². The van der Waals surface area contributed by atoms with Crippen molar-refractivity contribution in [1.82, 2.24) is 10.2 Å². The Kier molecular flexibility index (Phi) is 7.79. The first-order valence-electron chi connectivity index (χ1n) is 6.98. The summed E-state index contributed by atoms with van der Waals surface area (Å²) in [6.45, 7) is -1.90. The Balaban J connectivity index is 2.52.